The Kier molecular flexibility index (Phi) is 4.38. The van der Waals surface area contributed by atoms with Gasteiger partial charge in [-0.25, -0.2) is 9.97 Å². The number of esters is 1. The topological polar surface area (TPSA) is 52.1 Å². The molecule has 1 aromatic carbocycles. The van der Waals surface area contributed by atoms with Crippen molar-refractivity contribution in [2.45, 2.75) is 11.9 Å². The second-order valence-electron chi connectivity index (χ2n) is 3.41. The fourth-order valence-electron chi connectivity index (χ4n) is 1.46. The third-order valence-corrected chi connectivity index (χ3v) is 3.31. The molecule has 0 saturated heterocycles. The maximum absolute atomic E-state index is 11.3. The second-order valence-corrected chi connectivity index (χ2v) is 4.71. The number of hydrogen-bond acceptors (Lipinski definition) is 5. The number of fused-ring (bicyclic) bond motifs is 1. The first-order valence-corrected chi connectivity index (χ1v) is 6.77. The van der Waals surface area contributed by atoms with Gasteiger partial charge in [0.2, 0.25) is 5.28 Å². The number of hydrogen-bond donors (Lipinski definition) is 0. The van der Waals surface area contributed by atoms with E-state index in [9.17, 15) is 4.79 Å². The lowest BCUT2D eigenvalue weighted by molar-refractivity contribution is -0.139. The van der Waals surface area contributed by atoms with Crippen molar-refractivity contribution in [1.82, 2.24) is 9.97 Å². The van der Waals surface area contributed by atoms with Gasteiger partial charge >= 0.3 is 5.97 Å². The normalized spacial score (nSPS) is 10.6. The molecule has 0 radical (unpaired) electrons. The highest BCUT2D eigenvalue weighted by Crippen LogP contribution is 2.26. The molecule has 0 aliphatic carbocycles. The van der Waals surface area contributed by atoms with Gasteiger partial charge < -0.3 is 4.74 Å². The summed E-state index contributed by atoms with van der Waals surface area (Å²) in [7, 11) is 0. The minimum atomic E-state index is -0.263. The van der Waals surface area contributed by atoms with Crippen molar-refractivity contribution in [2.75, 3.05) is 12.4 Å². The number of aromatic nitrogens is 2. The maximum atomic E-state index is 11.3. The van der Waals surface area contributed by atoms with Crippen LogP contribution < -0.4 is 0 Å². The highest BCUT2D eigenvalue weighted by molar-refractivity contribution is 8.00. The van der Waals surface area contributed by atoms with Gasteiger partial charge in [0, 0.05) is 5.39 Å². The zero-order valence-electron chi connectivity index (χ0n) is 9.72. The summed E-state index contributed by atoms with van der Waals surface area (Å²) in [6.07, 6.45) is 0. The van der Waals surface area contributed by atoms with E-state index in [-0.39, 0.29) is 17.0 Å². The molecule has 0 saturated carbocycles. The van der Waals surface area contributed by atoms with E-state index >= 15 is 0 Å². The molecule has 1 aromatic heterocycles. The molecular formula is C12H11ClN2O2S. The van der Waals surface area contributed by atoms with E-state index in [2.05, 4.69) is 9.97 Å². The summed E-state index contributed by atoms with van der Waals surface area (Å²) in [6.45, 7) is 2.16. The molecule has 2 rings (SSSR count). The summed E-state index contributed by atoms with van der Waals surface area (Å²) in [5.74, 6) is -0.0492. The minimum absolute atomic E-state index is 0.181. The number of carbonyl (C=O) groups excluding carboxylic acids is 1. The summed E-state index contributed by atoms with van der Waals surface area (Å²) in [4.78, 5) is 19.6. The highest BCUT2D eigenvalue weighted by atomic mass is 35.5. The summed E-state index contributed by atoms with van der Waals surface area (Å²) in [6, 6.07) is 7.54. The average molecular weight is 283 g/mol. The van der Waals surface area contributed by atoms with Crippen molar-refractivity contribution in [1.29, 1.82) is 0 Å². The molecule has 4 nitrogen and oxygen atoms in total. The van der Waals surface area contributed by atoms with Crippen molar-refractivity contribution >= 4 is 40.2 Å². The molecular weight excluding hydrogens is 272 g/mol. The van der Waals surface area contributed by atoms with Crippen LogP contribution >= 0.6 is 23.4 Å². The number of thioether (sulfide) groups is 1. The van der Waals surface area contributed by atoms with Gasteiger partial charge in [-0.3, -0.25) is 4.79 Å². The summed E-state index contributed by atoms with van der Waals surface area (Å²) in [5, 5.41) is 1.76. The highest BCUT2D eigenvalue weighted by Gasteiger charge is 2.09. The van der Waals surface area contributed by atoms with E-state index in [1.165, 1.54) is 11.8 Å². The van der Waals surface area contributed by atoms with Crippen molar-refractivity contribution in [2.24, 2.45) is 0 Å². The van der Waals surface area contributed by atoms with Crippen LogP contribution in [0.1, 0.15) is 6.92 Å². The molecule has 0 spiro atoms. The maximum Gasteiger partial charge on any atom is 0.316 e. The van der Waals surface area contributed by atoms with Gasteiger partial charge in [0.25, 0.3) is 0 Å². The largest absolute Gasteiger partial charge is 0.465 e. The molecule has 0 bridgehead atoms. The van der Waals surface area contributed by atoms with Crippen LogP contribution in [0, 0.1) is 0 Å². The van der Waals surface area contributed by atoms with Gasteiger partial charge in [-0.15, -0.1) is 0 Å². The van der Waals surface area contributed by atoms with Gasteiger partial charge in [-0.1, -0.05) is 30.0 Å². The number of ether oxygens (including phenoxy) is 1. The second kappa shape index (κ2) is 6.02. The van der Waals surface area contributed by atoms with E-state index in [1.807, 2.05) is 24.3 Å². The monoisotopic (exact) mass is 282 g/mol. The molecule has 2 aromatic rings. The lowest BCUT2D eigenvalue weighted by Crippen LogP contribution is -2.06. The molecule has 0 fully saturated rings. The molecule has 18 heavy (non-hydrogen) atoms. The SMILES string of the molecule is CCOC(=O)CSc1nc(Cl)nc2ccccc12. The van der Waals surface area contributed by atoms with Crippen LogP contribution in [0.4, 0.5) is 0 Å². The average Bonchev–Trinajstić information content (AvgIpc) is 2.36. The fourth-order valence-corrected chi connectivity index (χ4v) is 2.50. The summed E-state index contributed by atoms with van der Waals surface area (Å²) in [5.41, 5.74) is 0.767. The Bertz CT molecular complexity index is 577. The molecule has 0 atom stereocenters. The third kappa shape index (κ3) is 3.11. The first-order chi connectivity index (χ1) is 8.70. The third-order valence-electron chi connectivity index (χ3n) is 2.17. The Hall–Kier alpha value is -1.33. The smallest absolute Gasteiger partial charge is 0.316 e. The van der Waals surface area contributed by atoms with E-state index in [0.717, 1.165) is 10.9 Å². The quantitative estimate of drug-likeness (QED) is 0.373. The zero-order valence-corrected chi connectivity index (χ0v) is 11.3. The Morgan fingerprint density at radius 2 is 2.17 bits per heavy atom. The number of nitrogens with zero attached hydrogens (tertiary/aromatic N) is 2. The van der Waals surface area contributed by atoms with Gasteiger partial charge in [0.1, 0.15) is 5.03 Å². The molecule has 0 unspecified atom stereocenters. The number of benzene rings is 1. The van der Waals surface area contributed by atoms with Crippen molar-refractivity contribution in [3.8, 4) is 0 Å². The molecule has 0 aliphatic heterocycles. The first kappa shape index (κ1) is 13.1. The summed E-state index contributed by atoms with van der Waals surface area (Å²) < 4.78 is 4.87. The minimum Gasteiger partial charge on any atom is -0.465 e. The molecule has 0 amide bonds. The van der Waals surface area contributed by atoms with Gasteiger partial charge in [-0.2, -0.15) is 0 Å². The lowest BCUT2D eigenvalue weighted by Gasteiger charge is -2.05. The van der Waals surface area contributed by atoms with Crippen LogP contribution in [0.2, 0.25) is 5.28 Å². The van der Waals surface area contributed by atoms with Crippen molar-refractivity contribution in [3.63, 3.8) is 0 Å². The molecule has 0 N–H and O–H groups in total. The molecule has 1 heterocycles. The van der Waals surface area contributed by atoms with Crippen LogP contribution in [-0.2, 0) is 9.53 Å². The summed E-state index contributed by atoms with van der Waals surface area (Å²) >= 11 is 7.15. The van der Waals surface area contributed by atoms with Crippen LogP contribution in [0.15, 0.2) is 29.3 Å². The van der Waals surface area contributed by atoms with Crippen LogP contribution in [0.25, 0.3) is 10.9 Å². The first-order valence-electron chi connectivity index (χ1n) is 5.41. The lowest BCUT2D eigenvalue weighted by atomic mass is 10.2. The van der Waals surface area contributed by atoms with E-state index < -0.39 is 0 Å². The Morgan fingerprint density at radius 3 is 2.94 bits per heavy atom. The molecule has 94 valence electrons. The fraction of sp³-hybridized carbons (Fsp3) is 0.250. The van der Waals surface area contributed by atoms with Gasteiger partial charge in [0.15, 0.2) is 0 Å². The Morgan fingerprint density at radius 1 is 1.39 bits per heavy atom. The number of para-hydroxylation sites is 1. The predicted molar refractivity (Wildman–Crippen MR) is 71.9 cm³/mol. The number of halogens is 1. The van der Waals surface area contributed by atoms with Gasteiger partial charge in [0.05, 0.1) is 17.9 Å². The molecule has 0 aliphatic rings. The van der Waals surface area contributed by atoms with E-state index in [4.69, 9.17) is 16.3 Å². The predicted octanol–water partition coefficient (Wildman–Crippen LogP) is 2.94. The Balaban J connectivity index is 2.24. The standard InChI is InChI=1S/C12H11ClN2O2S/c1-2-17-10(16)7-18-11-8-5-3-4-6-9(8)14-12(13)15-11/h3-6H,2,7H2,1H3. The zero-order chi connectivity index (χ0) is 13.0. The van der Waals surface area contributed by atoms with Crippen molar-refractivity contribution < 1.29 is 9.53 Å². The van der Waals surface area contributed by atoms with Crippen LogP contribution in [0.3, 0.4) is 0 Å². The Labute approximate surface area is 114 Å². The van der Waals surface area contributed by atoms with E-state index in [0.29, 0.717) is 11.6 Å². The van der Waals surface area contributed by atoms with E-state index in [1.54, 1.807) is 6.92 Å². The van der Waals surface area contributed by atoms with Crippen LogP contribution in [0.5, 0.6) is 0 Å². The number of carbonyl (C=O) groups is 1. The van der Waals surface area contributed by atoms with Crippen LogP contribution in [-0.4, -0.2) is 28.3 Å². The molecule has 6 heteroatoms. The van der Waals surface area contributed by atoms with Crippen molar-refractivity contribution in [3.05, 3.63) is 29.5 Å². The number of rotatable bonds is 4. The van der Waals surface area contributed by atoms with Gasteiger partial charge in [-0.05, 0) is 24.6 Å².